The maximum absolute atomic E-state index is 13.7. The average Bonchev–Trinajstić information content (AvgIpc) is 3.46. The molecule has 0 bridgehead atoms. The van der Waals surface area contributed by atoms with Gasteiger partial charge in [0.1, 0.15) is 28.9 Å². The smallest absolute Gasteiger partial charge is 0.356 e. The minimum absolute atomic E-state index is 0.0830. The second kappa shape index (κ2) is 12.7. The number of aromatic nitrogens is 1. The number of hydrogen-bond donors (Lipinski definition) is 2. The van der Waals surface area contributed by atoms with E-state index in [1.165, 1.54) is 28.1 Å². The lowest BCUT2D eigenvalue weighted by atomic mass is 10.0. The molecule has 2 amide bonds. The van der Waals surface area contributed by atoms with E-state index in [2.05, 4.69) is 22.0 Å². The molecule has 2 atom stereocenters. The molecule has 3 aromatic rings. The average molecular weight is 601 g/mol. The van der Waals surface area contributed by atoms with Crippen LogP contribution in [-0.4, -0.2) is 57.2 Å². The number of nitrogens with zero attached hydrogens (tertiary/aromatic N) is 4. The van der Waals surface area contributed by atoms with Crippen molar-refractivity contribution < 1.29 is 24.0 Å². The first kappa shape index (κ1) is 28.6. The van der Waals surface area contributed by atoms with E-state index in [1.807, 2.05) is 60.7 Å². The van der Waals surface area contributed by atoms with Crippen LogP contribution in [0.3, 0.4) is 0 Å². The number of oxime groups is 1. The van der Waals surface area contributed by atoms with Crippen LogP contribution in [0.2, 0.25) is 0 Å². The van der Waals surface area contributed by atoms with Gasteiger partial charge in [-0.05, 0) is 16.7 Å². The van der Waals surface area contributed by atoms with Crippen LogP contribution >= 0.6 is 23.1 Å². The van der Waals surface area contributed by atoms with Crippen LogP contribution in [0.15, 0.2) is 95.1 Å². The summed E-state index contributed by atoms with van der Waals surface area (Å²) in [6.07, 6.45) is 0.819. The van der Waals surface area contributed by atoms with Gasteiger partial charge in [-0.1, -0.05) is 78.5 Å². The molecule has 2 aliphatic rings. The molecule has 0 radical (unpaired) electrons. The number of anilines is 1. The van der Waals surface area contributed by atoms with Crippen molar-refractivity contribution in [3.63, 3.8) is 0 Å². The van der Waals surface area contributed by atoms with Crippen LogP contribution in [0.5, 0.6) is 0 Å². The largest absolute Gasteiger partial charge is 0.448 e. The van der Waals surface area contributed by atoms with Crippen molar-refractivity contribution in [2.45, 2.75) is 17.5 Å². The summed E-state index contributed by atoms with van der Waals surface area (Å²) in [5.41, 5.74) is 7.78. The van der Waals surface area contributed by atoms with Crippen molar-refractivity contribution in [1.29, 1.82) is 5.26 Å². The molecule has 0 aliphatic carbocycles. The Morgan fingerprint density at radius 2 is 1.88 bits per heavy atom. The zero-order chi connectivity index (χ0) is 29.6. The molecule has 3 heterocycles. The van der Waals surface area contributed by atoms with Crippen molar-refractivity contribution in [2.75, 3.05) is 18.1 Å². The summed E-state index contributed by atoms with van der Waals surface area (Å²) in [6.45, 7) is 3.44. The van der Waals surface area contributed by atoms with Crippen LogP contribution in [0, 0.1) is 11.3 Å². The number of nitrogens with two attached hydrogens (primary N) is 1. The molecule has 2 aliphatic heterocycles. The first-order chi connectivity index (χ1) is 20.4. The molecule has 0 spiro atoms. The van der Waals surface area contributed by atoms with Gasteiger partial charge in [-0.15, -0.1) is 23.1 Å². The number of carbonyl (C=O) groups excluding carboxylic acids is 3. The number of rotatable bonds is 10. The summed E-state index contributed by atoms with van der Waals surface area (Å²) >= 11 is 2.46. The van der Waals surface area contributed by atoms with Crippen LogP contribution in [0.25, 0.3) is 0 Å². The molecule has 2 aromatic carbocycles. The van der Waals surface area contributed by atoms with E-state index >= 15 is 0 Å². The van der Waals surface area contributed by atoms with Crippen LogP contribution in [-0.2, 0) is 24.0 Å². The van der Waals surface area contributed by atoms with Gasteiger partial charge in [-0.3, -0.25) is 14.5 Å². The number of nitrogens with one attached hydrogen (secondary N) is 1. The Morgan fingerprint density at radius 1 is 1.21 bits per heavy atom. The van der Waals surface area contributed by atoms with E-state index in [-0.39, 0.29) is 22.2 Å². The van der Waals surface area contributed by atoms with Crippen LogP contribution in [0.4, 0.5) is 5.13 Å². The number of benzene rings is 2. The highest BCUT2D eigenvalue weighted by atomic mass is 32.2. The number of nitriles is 1. The minimum Gasteiger partial charge on any atom is -0.448 e. The third kappa shape index (κ3) is 5.76. The molecule has 13 heteroatoms. The molecule has 0 saturated carbocycles. The van der Waals surface area contributed by atoms with Gasteiger partial charge in [0, 0.05) is 11.1 Å². The Labute approximate surface area is 249 Å². The molecule has 1 saturated heterocycles. The number of amides is 2. The molecule has 1 unspecified atom stereocenters. The van der Waals surface area contributed by atoms with E-state index in [1.54, 1.807) is 6.07 Å². The number of hydrogen-bond acceptors (Lipinski definition) is 11. The number of ether oxygens (including phenoxy) is 1. The van der Waals surface area contributed by atoms with Crippen molar-refractivity contribution in [1.82, 2.24) is 15.2 Å². The molecular formula is C29H24N6O5S2. The highest BCUT2D eigenvalue weighted by Crippen LogP contribution is 2.42. The summed E-state index contributed by atoms with van der Waals surface area (Å²) in [4.78, 5) is 50.6. The Kier molecular flexibility index (Phi) is 8.66. The second-order valence-electron chi connectivity index (χ2n) is 8.99. The summed E-state index contributed by atoms with van der Waals surface area (Å²) < 4.78 is 6.05. The molecule has 1 fully saturated rings. The molecule has 11 nitrogen and oxygen atoms in total. The van der Waals surface area contributed by atoms with E-state index in [9.17, 15) is 14.4 Å². The summed E-state index contributed by atoms with van der Waals surface area (Å²) in [6, 6.07) is 19.4. The number of esters is 1. The minimum atomic E-state index is -0.965. The fourth-order valence-corrected chi connectivity index (χ4v) is 6.36. The number of carbonyl (C=O) groups is 3. The fourth-order valence-electron chi connectivity index (χ4n) is 4.47. The van der Waals surface area contributed by atoms with Crippen molar-refractivity contribution >= 4 is 51.7 Å². The van der Waals surface area contributed by atoms with Crippen LogP contribution in [0.1, 0.15) is 22.9 Å². The first-order valence-corrected chi connectivity index (χ1v) is 14.6. The van der Waals surface area contributed by atoms with Gasteiger partial charge in [0.25, 0.3) is 11.8 Å². The normalized spacial score (nSPS) is 18.0. The molecule has 1 aromatic heterocycles. The van der Waals surface area contributed by atoms with E-state index in [0.29, 0.717) is 11.3 Å². The monoisotopic (exact) mass is 600 g/mol. The number of thioether (sulfide) groups is 1. The number of allylic oxidation sites excluding steroid dienone is 1. The lowest BCUT2D eigenvalue weighted by Gasteiger charge is -2.49. The molecular weight excluding hydrogens is 576 g/mol. The Balaban J connectivity index is 1.37. The highest BCUT2D eigenvalue weighted by Gasteiger charge is 2.54. The number of fused-ring (bicyclic) bond motifs is 1. The lowest BCUT2D eigenvalue weighted by Crippen LogP contribution is -2.71. The van der Waals surface area contributed by atoms with Crippen molar-refractivity contribution in [2.24, 2.45) is 5.16 Å². The maximum Gasteiger partial charge on any atom is 0.356 e. The van der Waals surface area contributed by atoms with E-state index < -0.39 is 41.9 Å². The quantitative estimate of drug-likeness (QED) is 0.117. The van der Waals surface area contributed by atoms with Gasteiger partial charge < -0.3 is 20.6 Å². The summed E-state index contributed by atoms with van der Waals surface area (Å²) in [7, 11) is 0. The standard InChI is InChI=1S/C29H24N6O5S2/c1-2-17-15-41-27-22(33-25(36)21(34-39-14-13-30)20-16-42-29(31)32-20)26(37)35(27)23(17)28(38)40-24(18-9-5-3-6-10-18)19-11-7-4-8-12-19/h2-12,16,22,24,27H,1,14-15H2,(H2,31,32)(H,33,36)/b34-21+/t22?,27-/m1/s1. The molecule has 212 valence electrons. The van der Waals surface area contributed by atoms with Gasteiger partial charge in [0.2, 0.25) is 6.61 Å². The Morgan fingerprint density at radius 3 is 2.45 bits per heavy atom. The first-order valence-electron chi connectivity index (χ1n) is 12.6. The van der Waals surface area contributed by atoms with Gasteiger partial charge in [0.05, 0.1) is 0 Å². The summed E-state index contributed by atoms with van der Waals surface area (Å²) in [5.74, 6) is -1.56. The maximum atomic E-state index is 13.7. The van der Waals surface area contributed by atoms with Gasteiger partial charge >= 0.3 is 5.97 Å². The van der Waals surface area contributed by atoms with Gasteiger partial charge in [0.15, 0.2) is 16.9 Å². The molecule has 5 rings (SSSR count). The topological polar surface area (TPSA) is 160 Å². The number of thiazole rings is 1. The van der Waals surface area contributed by atoms with Gasteiger partial charge in [-0.2, -0.15) is 5.26 Å². The SMILES string of the molecule is C=CC1=C(C(=O)OC(c2ccccc2)c2ccccc2)N2C(=O)C(NC(=O)/C(=N/OCC#N)c3csc(N)n3)[C@H]2SC1. The molecule has 42 heavy (non-hydrogen) atoms. The third-order valence-electron chi connectivity index (χ3n) is 6.42. The predicted octanol–water partition coefficient (Wildman–Crippen LogP) is 3.14. The Hall–Kier alpha value is -4.93. The second-order valence-corrected chi connectivity index (χ2v) is 11.0. The van der Waals surface area contributed by atoms with E-state index in [4.69, 9.17) is 20.6 Å². The Bertz CT molecular complexity index is 1580. The number of β-lactam (4-membered cyclic amide) rings is 1. The fraction of sp³-hybridized carbons (Fsp3) is 0.172. The zero-order valence-electron chi connectivity index (χ0n) is 22.0. The van der Waals surface area contributed by atoms with Crippen LogP contribution < -0.4 is 11.1 Å². The lowest BCUT2D eigenvalue weighted by molar-refractivity contribution is -0.154. The molecule has 3 N–H and O–H groups in total. The predicted molar refractivity (Wildman–Crippen MR) is 158 cm³/mol. The zero-order valence-corrected chi connectivity index (χ0v) is 23.6. The van der Waals surface area contributed by atoms with E-state index in [0.717, 1.165) is 22.5 Å². The highest BCUT2D eigenvalue weighted by molar-refractivity contribution is 8.00. The third-order valence-corrected chi connectivity index (χ3v) is 8.39. The van der Waals surface area contributed by atoms with Crippen molar-refractivity contribution in [3.05, 3.63) is 107 Å². The van der Waals surface area contributed by atoms with Crippen molar-refractivity contribution in [3.8, 4) is 6.07 Å². The van der Waals surface area contributed by atoms with Gasteiger partial charge in [-0.25, -0.2) is 9.78 Å². The number of nitrogen functional groups attached to an aromatic ring is 1. The summed E-state index contributed by atoms with van der Waals surface area (Å²) in [5, 5.41) is 16.3.